The van der Waals surface area contributed by atoms with Crippen LogP contribution in [0.1, 0.15) is 0 Å². The summed E-state index contributed by atoms with van der Waals surface area (Å²) in [5.74, 6) is 0.328. The quantitative estimate of drug-likeness (QED) is 0.677. The Labute approximate surface area is 111 Å². The fourth-order valence-corrected chi connectivity index (χ4v) is 1.67. The molecule has 1 aromatic rings. The molecule has 0 spiro atoms. The summed E-state index contributed by atoms with van der Waals surface area (Å²) >= 11 is 0. The zero-order chi connectivity index (χ0) is 14.8. The van der Waals surface area contributed by atoms with Crippen molar-refractivity contribution < 1.29 is 27.6 Å². The summed E-state index contributed by atoms with van der Waals surface area (Å²) in [6.45, 7) is -0.0471. The maximum Gasteiger partial charge on any atom is 0.428 e. The number of nitrogens with zero attached hydrogens (tertiary/aromatic N) is 1. The van der Waals surface area contributed by atoms with E-state index in [1.807, 2.05) is 0 Å². The molecule has 0 radical (unpaired) electrons. The van der Waals surface area contributed by atoms with E-state index in [0.717, 1.165) is 0 Å². The first-order valence-electron chi connectivity index (χ1n) is 5.69. The number of nitrogens with one attached hydrogen (secondary N) is 1. The third-order valence-electron chi connectivity index (χ3n) is 2.64. The van der Waals surface area contributed by atoms with Crippen molar-refractivity contribution in [2.75, 3.05) is 13.2 Å². The topological polar surface area (TPSA) is 73.6 Å². The van der Waals surface area contributed by atoms with Crippen LogP contribution in [0.15, 0.2) is 24.3 Å². The number of halogens is 3. The minimum atomic E-state index is -4.46. The minimum absolute atomic E-state index is 0.0250. The van der Waals surface area contributed by atoms with Crippen LogP contribution in [0.25, 0.3) is 0 Å². The fourth-order valence-electron chi connectivity index (χ4n) is 1.67. The summed E-state index contributed by atoms with van der Waals surface area (Å²) in [5.41, 5.74) is -0.0896. The van der Waals surface area contributed by atoms with Crippen LogP contribution in [0.3, 0.4) is 0 Å². The van der Waals surface area contributed by atoms with E-state index >= 15 is 0 Å². The fraction of sp³-hybridized carbons (Fsp3) is 0.455. The van der Waals surface area contributed by atoms with Gasteiger partial charge in [0.05, 0.1) is 4.92 Å². The Morgan fingerprint density at radius 1 is 1.40 bits per heavy atom. The van der Waals surface area contributed by atoms with E-state index in [4.69, 9.17) is 9.47 Å². The SMILES string of the molecule is O=[N+]([O-])c1ccc(OC[C@@H]2CN[C@H](C(F)(F)F)O2)cc1. The highest BCUT2D eigenvalue weighted by Gasteiger charge is 2.45. The summed E-state index contributed by atoms with van der Waals surface area (Å²) < 4.78 is 46.9. The van der Waals surface area contributed by atoms with E-state index in [1.54, 1.807) is 0 Å². The van der Waals surface area contributed by atoms with E-state index in [0.29, 0.717) is 5.75 Å². The van der Waals surface area contributed by atoms with Crippen LogP contribution in [0, 0.1) is 10.1 Å². The number of hydrogen-bond acceptors (Lipinski definition) is 5. The van der Waals surface area contributed by atoms with Crippen molar-refractivity contribution >= 4 is 5.69 Å². The molecule has 1 aliphatic heterocycles. The second-order valence-corrected chi connectivity index (χ2v) is 4.15. The highest BCUT2D eigenvalue weighted by atomic mass is 19.4. The lowest BCUT2D eigenvalue weighted by molar-refractivity contribution is -0.384. The number of benzene rings is 1. The lowest BCUT2D eigenvalue weighted by atomic mass is 10.3. The Hall–Kier alpha value is -1.87. The lowest BCUT2D eigenvalue weighted by Gasteiger charge is -2.15. The van der Waals surface area contributed by atoms with Gasteiger partial charge in [-0.15, -0.1) is 0 Å². The Morgan fingerprint density at radius 2 is 2.05 bits per heavy atom. The molecule has 2 atom stereocenters. The van der Waals surface area contributed by atoms with Gasteiger partial charge in [-0.2, -0.15) is 13.2 Å². The van der Waals surface area contributed by atoms with Crippen LogP contribution in [-0.2, 0) is 4.74 Å². The van der Waals surface area contributed by atoms with Crippen molar-refractivity contribution in [1.82, 2.24) is 5.32 Å². The zero-order valence-electron chi connectivity index (χ0n) is 10.1. The molecule has 0 aliphatic carbocycles. The van der Waals surface area contributed by atoms with Crippen LogP contribution in [0.5, 0.6) is 5.75 Å². The molecule has 1 fully saturated rings. The molecule has 9 heteroatoms. The molecule has 1 saturated heterocycles. The summed E-state index contributed by atoms with van der Waals surface area (Å²) in [6, 6.07) is 5.26. The highest BCUT2D eigenvalue weighted by molar-refractivity contribution is 5.35. The second kappa shape index (κ2) is 5.63. The van der Waals surface area contributed by atoms with E-state index in [2.05, 4.69) is 5.32 Å². The Morgan fingerprint density at radius 3 is 2.55 bits per heavy atom. The zero-order valence-corrected chi connectivity index (χ0v) is 10.1. The Balaban J connectivity index is 1.83. The van der Waals surface area contributed by atoms with Crippen LogP contribution in [0.4, 0.5) is 18.9 Å². The molecule has 0 aromatic heterocycles. The molecule has 2 rings (SSSR count). The first-order chi connectivity index (χ1) is 9.36. The third kappa shape index (κ3) is 3.58. The summed E-state index contributed by atoms with van der Waals surface area (Å²) in [4.78, 5) is 9.89. The van der Waals surface area contributed by atoms with Gasteiger partial charge < -0.3 is 9.47 Å². The minimum Gasteiger partial charge on any atom is -0.491 e. The molecule has 1 aliphatic rings. The number of hydrogen-bond donors (Lipinski definition) is 1. The number of non-ortho nitro benzene ring substituents is 1. The molecule has 6 nitrogen and oxygen atoms in total. The van der Waals surface area contributed by atoms with Gasteiger partial charge in [0.15, 0.2) is 0 Å². The van der Waals surface area contributed by atoms with Gasteiger partial charge in [0.25, 0.3) is 5.69 Å². The molecular formula is C11H11F3N2O4. The first kappa shape index (κ1) is 14.5. The van der Waals surface area contributed by atoms with Gasteiger partial charge >= 0.3 is 6.18 Å². The van der Waals surface area contributed by atoms with Gasteiger partial charge in [-0.3, -0.25) is 15.4 Å². The van der Waals surface area contributed by atoms with E-state index in [9.17, 15) is 23.3 Å². The maximum atomic E-state index is 12.3. The van der Waals surface area contributed by atoms with Crippen molar-refractivity contribution in [2.24, 2.45) is 0 Å². The monoisotopic (exact) mass is 292 g/mol. The molecule has 0 saturated carbocycles. The van der Waals surface area contributed by atoms with Crippen molar-refractivity contribution in [3.8, 4) is 5.75 Å². The van der Waals surface area contributed by atoms with Gasteiger partial charge in [-0.05, 0) is 12.1 Å². The van der Waals surface area contributed by atoms with Gasteiger partial charge in [0.1, 0.15) is 18.5 Å². The van der Waals surface area contributed by atoms with Crippen molar-refractivity contribution in [2.45, 2.75) is 18.5 Å². The van der Waals surface area contributed by atoms with Crippen molar-refractivity contribution in [1.29, 1.82) is 0 Å². The summed E-state index contributed by atoms with van der Waals surface area (Å²) in [5, 5.41) is 12.6. The molecule has 1 heterocycles. The number of rotatable bonds is 4. The standard InChI is InChI=1S/C11H11F3N2O4/c12-11(13,14)10-15-5-9(20-10)6-19-8-3-1-7(2-4-8)16(17)18/h1-4,9-10,15H,5-6H2/t9-,10-/m0/s1. The van der Waals surface area contributed by atoms with Crippen molar-refractivity contribution in [3.05, 3.63) is 34.4 Å². The molecule has 0 bridgehead atoms. The van der Waals surface area contributed by atoms with E-state index in [1.165, 1.54) is 24.3 Å². The van der Waals surface area contributed by atoms with Crippen LogP contribution >= 0.6 is 0 Å². The molecule has 1 N–H and O–H groups in total. The number of ether oxygens (including phenoxy) is 2. The number of nitro groups is 1. The van der Waals surface area contributed by atoms with Gasteiger partial charge in [0, 0.05) is 18.7 Å². The summed E-state index contributed by atoms with van der Waals surface area (Å²) in [6.07, 6.45) is -7.16. The van der Waals surface area contributed by atoms with E-state index < -0.39 is 23.4 Å². The average molecular weight is 292 g/mol. The second-order valence-electron chi connectivity index (χ2n) is 4.15. The highest BCUT2D eigenvalue weighted by Crippen LogP contribution is 2.25. The predicted octanol–water partition coefficient (Wildman–Crippen LogP) is 1.85. The first-order valence-corrected chi connectivity index (χ1v) is 5.69. The molecule has 20 heavy (non-hydrogen) atoms. The van der Waals surface area contributed by atoms with Crippen LogP contribution in [-0.4, -0.2) is 36.6 Å². The predicted molar refractivity (Wildman–Crippen MR) is 61.3 cm³/mol. The molecular weight excluding hydrogens is 281 g/mol. The van der Waals surface area contributed by atoms with Gasteiger partial charge in [0.2, 0.25) is 6.23 Å². The van der Waals surface area contributed by atoms with Gasteiger partial charge in [-0.1, -0.05) is 0 Å². The number of alkyl halides is 3. The average Bonchev–Trinajstić information content (AvgIpc) is 2.85. The van der Waals surface area contributed by atoms with Crippen LogP contribution in [0.2, 0.25) is 0 Å². The van der Waals surface area contributed by atoms with E-state index in [-0.39, 0.29) is 18.8 Å². The Kier molecular flexibility index (Phi) is 4.09. The number of nitro benzene ring substituents is 1. The third-order valence-corrected chi connectivity index (χ3v) is 2.64. The smallest absolute Gasteiger partial charge is 0.428 e. The normalized spacial score (nSPS) is 22.8. The Bertz CT molecular complexity index is 478. The largest absolute Gasteiger partial charge is 0.491 e. The molecule has 0 amide bonds. The molecule has 1 aromatic carbocycles. The molecule has 0 unspecified atom stereocenters. The van der Waals surface area contributed by atoms with Crippen LogP contribution < -0.4 is 10.1 Å². The van der Waals surface area contributed by atoms with Crippen molar-refractivity contribution in [3.63, 3.8) is 0 Å². The van der Waals surface area contributed by atoms with Gasteiger partial charge in [-0.25, -0.2) is 0 Å². The maximum absolute atomic E-state index is 12.3. The summed E-state index contributed by atoms with van der Waals surface area (Å²) in [7, 11) is 0. The lowest BCUT2D eigenvalue weighted by Crippen LogP contribution is -2.38. The molecule has 110 valence electrons.